The normalized spacial score (nSPS) is 12.1. The highest BCUT2D eigenvalue weighted by Gasteiger charge is 2.13. The van der Waals surface area contributed by atoms with Crippen molar-refractivity contribution in [2.24, 2.45) is 5.16 Å². The van der Waals surface area contributed by atoms with E-state index in [1.807, 2.05) is 60.7 Å². The lowest BCUT2D eigenvalue weighted by atomic mass is 10.2. The largest absolute Gasteiger partial charge is 0.507 e. The fraction of sp³-hybridized carbons (Fsp3) is 0.0556. The number of fused-ring (bicyclic) bond motifs is 1. The summed E-state index contributed by atoms with van der Waals surface area (Å²) in [5, 5.41) is 23.1. The lowest BCUT2D eigenvalue weighted by molar-refractivity contribution is 0.139. The number of benzene rings is 2. The molecule has 118 valence electrons. The molecule has 0 atom stereocenters. The lowest BCUT2D eigenvalue weighted by Crippen LogP contribution is -1.99. The number of aliphatic hydroxyl groups is 1. The Kier molecular flexibility index (Phi) is 4.54. The number of imidazole rings is 1. The van der Waals surface area contributed by atoms with Gasteiger partial charge in [0.05, 0.1) is 17.2 Å². The Morgan fingerprint density at radius 2 is 1.96 bits per heavy atom. The molecule has 0 aliphatic rings. The van der Waals surface area contributed by atoms with Crippen LogP contribution in [-0.2, 0) is 4.84 Å². The first-order chi connectivity index (χ1) is 11.8. The Labute approximate surface area is 138 Å². The van der Waals surface area contributed by atoms with Gasteiger partial charge in [0.25, 0.3) is 0 Å². The SMILES string of the molecule is N#C/C(=C(/O)CON=Cc1ccccc1)c1nc2ccccc2[nH]1. The minimum Gasteiger partial charge on any atom is -0.507 e. The van der Waals surface area contributed by atoms with Crippen molar-refractivity contribution in [3.05, 3.63) is 71.7 Å². The zero-order chi connectivity index (χ0) is 16.8. The van der Waals surface area contributed by atoms with Crippen LogP contribution in [0.15, 0.2) is 65.5 Å². The number of rotatable bonds is 5. The van der Waals surface area contributed by atoms with Gasteiger partial charge in [0, 0.05) is 0 Å². The number of aliphatic hydroxyl groups excluding tert-OH is 1. The number of H-pyrrole nitrogens is 1. The number of hydrogen-bond donors (Lipinski definition) is 2. The molecule has 3 aromatic rings. The first-order valence-electron chi connectivity index (χ1n) is 7.25. The summed E-state index contributed by atoms with van der Waals surface area (Å²) < 4.78 is 0. The predicted molar refractivity (Wildman–Crippen MR) is 91.2 cm³/mol. The van der Waals surface area contributed by atoms with E-state index < -0.39 is 0 Å². The number of aromatic amines is 1. The van der Waals surface area contributed by atoms with Crippen LogP contribution in [-0.4, -0.2) is 27.9 Å². The molecule has 0 radical (unpaired) electrons. The molecule has 1 aromatic heterocycles. The molecule has 1 heterocycles. The number of hydrogen-bond acceptors (Lipinski definition) is 5. The molecule has 0 fully saturated rings. The van der Waals surface area contributed by atoms with Crippen LogP contribution in [0.2, 0.25) is 0 Å². The van der Waals surface area contributed by atoms with Crippen LogP contribution >= 0.6 is 0 Å². The first-order valence-corrected chi connectivity index (χ1v) is 7.25. The monoisotopic (exact) mass is 318 g/mol. The number of nitriles is 1. The van der Waals surface area contributed by atoms with Gasteiger partial charge in [0.1, 0.15) is 11.6 Å². The second-order valence-electron chi connectivity index (χ2n) is 4.95. The van der Waals surface area contributed by atoms with Crippen molar-refractivity contribution in [2.75, 3.05) is 6.61 Å². The van der Waals surface area contributed by atoms with Gasteiger partial charge in [-0.3, -0.25) is 0 Å². The van der Waals surface area contributed by atoms with Crippen LogP contribution in [0.1, 0.15) is 11.4 Å². The minimum atomic E-state index is -0.234. The van der Waals surface area contributed by atoms with Gasteiger partial charge in [0.15, 0.2) is 18.2 Å². The van der Waals surface area contributed by atoms with Gasteiger partial charge in [-0.2, -0.15) is 5.26 Å². The molecule has 2 N–H and O–H groups in total. The summed E-state index contributed by atoms with van der Waals surface area (Å²) in [5.41, 5.74) is 2.41. The van der Waals surface area contributed by atoms with Crippen LogP contribution in [0.4, 0.5) is 0 Å². The third-order valence-electron chi connectivity index (χ3n) is 3.30. The van der Waals surface area contributed by atoms with Crippen molar-refractivity contribution in [1.29, 1.82) is 5.26 Å². The molecule has 0 aliphatic heterocycles. The molecule has 3 rings (SSSR count). The first kappa shape index (κ1) is 15.3. The minimum absolute atomic E-state index is 0.0288. The van der Waals surface area contributed by atoms with Crippen molar-refractivity contribution in [3.8, 4) is 6.07 Å². The maximum absolute atomic E-state index is 10.1. The van der Waals surface area contributed by atoms with Gasteiger partial charge in [-0.25, -0.2) is 4.98 Å². The number of allylic oxidation sites excluding steroid dienone is 1. The van der Waals surface area contributed by atoms with Gasteiger partial charge in [-0.1, -0.05) is 47.6 Å². The van der Waals surface area contributed by atoms with E-state index in [-0.39, 0.29) is 17.9 Å². The van der Waals surface area contributed by atoms with Crippen LogP contribution in [0.25, 0.3) is 16.6 Å². The van der Waals surface area contributed by atoms with Crippen molar-refractivity contribution in [2.45, 2.75) is 0 Å². The molecular weight excluding hydrogens is 304 g/mol. The summed E-state index contributed by atoms with van der Waals surface area (Å²) in [6.07, 6.45) is 1.53. The molecule has 0 spiro atoms. The summed E-state index contributed by atoms with van der Waals surface area (Å²) >= 11 is 0. The zero-order valence-electron chi connectivity index (χ0n) is 12.7. The summed E-state index contributed by atoms with van der Waals surface area (Å²) in [7, 11) is 0. The summed E-state index contributed by atoms with van der Waals surface area (Å²) in [6, 6.07) is 18.7. The van der Waals surface area contributed by atoms with Crippen molar-refractivity contribution >= 4 is 22.8 Å². The molecule has 6 nitrogen and oxygen atoms in total. The fourth-order valence-corrected chi connectivity index (χ4v) is 2.13. The van der Waals surface area contributed by atoms with E-state index in [1.54, 1.807) is 0 Å². The van der Waals surface area contributed by atoms with Crippen molar-refractivity contribution in [3.63, 3.8) is 0 Å². The molecule has 0 bridgehead atoms. The molecule has 0 unspecified atom stereocenters. The summed E-state index contributed by atoms with van der Waals surface area (Å²) in [5.74, 6) is 0.0635. The number of oxime groups is 1. The van der Waals surface area contributed by atoms with Crippen LogP contribution in [0.5, 0.6) is 0 Å². The van der Waals surface area contributed by atoms with E-state index in [0.717, 1.165) is 16.6 Å². The van der Waals surface area contributed by atoms with E-state index in [1.165, 1.54) is 6.21 Å². The Bertz CT molecular complexity index is 903. The third-order valence-corrected chi connectivity index (χ3v) is 3.30. The number of para-hydroxylation sites is 2. The van der Waals surface area contributed by atoms with E-state index in [9.17, 15) is 10.4 Å². The maximum Gasteiger partial charge on any atom is 0.175 e. The summed E-state index contributed by atoms with van der Waals surface area (Å²) in [4.78, 5) is 12.3. The number of aromatic nitrogens is 2. The van der Waals surface area contributed by atoms with Crippen LogP contribution in [0.3, 0.4) is 0 Å². The molecule has 0 saturated heterocycles. The Morgan fingerprint density at radius 3 is 2.71 bits per heavy atom. The highest BCUT2D eigenvalue weighted by atomic mass is 16.6. The highest BCUT2D eigenvalue weighted by Crippen LogP contribution is 2.18. The molecule has 0 aliphatic carbocycles. The van der Waals surface area contributed by atoms with Crippen LogP contribution < -0.4 is 0 Å². The van der Waals surface area contributed by atoms with Crippen molar-refractivity contribution < 1.29 is 9.94 Å². The van der Waals surface area contributed by atoms with E-state index in [2.05, 4.69) is 15.1 Å². The molecule has 24 heavy (non-hydrogen) atoms. The van der Waals surface area contributed by atoms with Gasteiger partial charge in [0.2, 0.25) is 0 Å². The van der Waals surface area contributed by atoms with Crippen LogP contribution in [0, 0.1) is 11.3 Å². The highest BCUT2D eigenvalue weighted by molar-refractivity contribution is 5.82. The van der Waals surface area contributed by atoms with Gasteiger partial charge < -0.3 is 14.9 Å². The zero-order valence-corrected chi connectivity index (χ0v) is 12.7. The quantitative estimate of drug-likeness (QED) is 0.326. The predicted octanol–water partition coefficient (Wildman–Crippen LogP) is 3.41. The number of nitrogens with zero attached hydrogens (tertiary/aromatic N) is 3. The average Bonchev–Trinajstić information content (AvgIpc) is 3.04. The van der Waals surface area contributed by atoms with Gasteiger partial charge >= 0.3 is 0 Å². The summed E-state index contributed by atoms with van der Waals surface area (Å²) in [6.45, 7) is -0.219. The second kappa shape index (κ2) is 7.11. The Morgan fingerprint density at radius 1 is 1.21 bits per heavy atom. The van der Waals surface area contributed by atoms with Gasteiger partial charge in [-0.05, 0) is 17.7 Å². The third kappa shape index (κ3) is 3.42. The number of nitrogens with one attached hydrogen (secondary N) is 1. The Hall–Kier alpha value is -3.59. The van der Waals surface area contributed by atoms with E-state index >= 15 is 0 Å². The molecule has 6 heteroatoms. The standard InChI is InChI=1S/C18H14N4O2/c19-10-14(18-21-15-8-4-5-9-16(15)22-18)17(23)12-24-20-11-13-6-2-1-3-7-13/h1-9,11,23H,12H2,(H,21,22)/b17-14-,20-11?. The molecule has 0 amide bonds. The second-order valence-corrected chi connectivity index (χ2v) is 4.95. The van der Waals surface area contributed by atoms with Crippen molar-refractivity contribution in [1.82, 2.24) is 9.97 Å². The maximum atomic E-state index is 10.1. The molecule has 2 aromatic carbocycles. The Balaban J connectivity index is 1.73. The van der Waals surface area contributed by atoms with Gasteiger partial charge in [-0.15, -0.1) is 0 Å². The topological polar surface area (TPSA) is 94.3 Å². The molecular formula is C18H14N4O2. The average molecular weight is 318 g/mol. The fourth-order valence-electron chi connectivity index (χ4n) is 2.13. The lowest BCUT2D eigenvalue weighted by Gasteiger charge is -2.01. The van der Waals surface area contributed by atoms with E-state index in [4.69, 9.17) is 4.84 Å². The smallest absolute Gasteiger partial charge is 0.175 e. The van der Waals surface area contributed by atoms with E-state index in [0.29, 0.717) is 5.82 Å². The molecule has 0 saturated carbocycles.